The first kappa shape index (κ1) is 36.7. The Labute approximate surface area is 102 Å². The van der Waals surface area contributed by atoms with E-state index in [-0.39, 0.29) is 0 Å². The van der Waals surface area contributed by atoms with Gasteiger partial charge < -0.3 is 0 Å². The molecule has 0 aromatic heterocycles. The molecule has 7 nitrogen and oxygen atoms in total. The topological polar surface area (TPSA) is 112 Å². The van der Waals surface area contributed by atoms with E-state index in [1.165, 1.54) is 0 Å². The largest absolute Gasteiger partial charge is 0.281 e. The molecule has 16 heavy (non-hydrogen) atoms. The summed E-state index contributed by atoms with van der Waals surface area (Å²) in [6.45, 7) is 24.7. The minimum absolute atomic E-state index is 0.398. The fourth-order valence-corrected chi connectivity index (χ4v) is 0.284. The maximum Gasteiger partial charge on any atom is 0.281 e. The molecular weight excluding hydrogens is 263 g/mol. The van der Waals surface area contributed by atoms with Crippen molar-refractivity contribution in [1.29, 1.82) is 0 Å². The van der Waals surface area contributed by atoms with Crippen LogP contribution in [-0.2, 0) is 44.7 Å². The van der Waals surface area contributed by atoms with Gasteiger partial charge in [0.25, 0.3) is 33.9 Å². The summed E-state index contributed by atoms with van der Waals surface area (Å²) in [5, 5.41) is 0. The van der Waals surface area contributed by atoms with E-state index < -0.39 is 4.87 Å². The minimum atomic E-state index is -0.398. The summed E-state index contributed by atoms with van der Waals surface area (Å²) in [4.78, 5) is 46.8. The Hall–Kier alpha value is -1.66. The van der Waals surface area contributed by atoms with E-state index in [1.807, 2.05) is 0 Å². The van der Waals surface area contributed by atoms with Crippen LogP contribution in [0.5, 0.6) is 0 Å². The van der Waals surface area contributed by atoms with Crippen molar-refractivity contribution in [2.45, 2.75) is 6.92 Å². The Morgan fingerprint density at radius 1 is 0.875 bits per heavy atom. The first-order chi connectivity index (χ1) is 7.77. The number of carbonyl (C=O) groups is 1. The van der Waals surface area contributed by atoms with Crippen LogP contribution in [0, 0.1) is 0 Å². The summed E-state index contributed by atoms with van der Waals surface area (Å²) in [5.74, 6) is 0. The first-order valence-electron chi connectivity index (χ1n) is 2.61. The number of rotatable bonds is 1. The molecule has 0 heterocycles. The van der Waals surface area contributed by atoms with Gasteiger partial charge in [0.1, 0.15) is 0 Å². The maximum absolute atomic E-state index is 9.74. The number of ether oxygens (including phenoxy) is 1. The predicted molar refractivity (Wildman–Crippen MR) is 45.5 cm³/mol. The van der Waals surface area contributed by atoms with Crippen LogP contribution in [0.15, 0.2) is 0 Å². The molecule has 0 aliphatic carbocycles. The molecule has 0 aromatic carbocycles. The van der Waals surface area contributed by atoms with Crippen LogP contribution < -0.4 is 0 Å². The molecular formula is C8H5MnO7. The SMILES string of the molecule is CCO[C](=O)[Mn].[C]=O.[C]=O.[C]=O.[C]=O.[C]=O. The van der Waals surface area contributed by atoms with Crippen molar-refractivity contribution in [3.05, 3.63) is 0 Å². The third-order valence-corrected chi connectivity index (χ3v) is 0.428. The second-order valence-electron chi connectivity index (χ2n) is 0.671. The Balaban J connectivity index is -0.0000000214. The van der Waals surface area contributed by atoms with Crippen LogP contribution in [-0.4, -0.2) is 45.4 Å². The summed E-state index contributed by atoms with van der Waals surface area (Å²) in [6.07, 6.45) is 0. The first-order valence-corrected chi connectivity index (χ1v) is 3.20. The second kappa shape index (κ2) is 182. The molecule has 10 radical (unpaired) electrons. The molecule has 0 aliphatic rings. The standard InChI is InChI=1S/C3H5O2.5CO.Mn/c1-2-5-3-4;5*1-2;/h2H2,1H3;;;;;;. The van der Waals surface area contributed by atoms with Crippen molar-refractivity contribution in [1.82, 2.24) is 0 Å². The average Bonchev–Trinajstić information content (AvgIpc) is 2.41. The third-order valence-electron chi connectivity index (χ3n) is 0.258. The van der Waals surface area contributed by atoms with Crippen LogP contribution >= 0.6 is 0 Å². The van der Waals surface area contributed by atoms with Gasteiger partial charge in [0.2, 0.25) is 0 Å². The van der Waals surface area contributed by atoms with E-state index in [0.717, 1.165) is 0 Å². The molecule has 86 valence electrons. The van der Waals surface area contributed by atoms with Crippen LogP contribution in [0.1, 0.15) is 6.92 Å². The van der Waals surface area contributed by atoms with E-state index in [4.69, 9.17) is 24.0 Å². The van der Waals surface area contributed by atoms with Crippen LogP contribution in [0.3, 0.4) is 0 Å². The quantitative estimate of drug-likeness (QED) is 0.543. The normalized spacial score (nSPS) is 4.12. The second-order valence-corrected chi connectivity index (χ2v) is 1.15. The van der Waals surface area contributed by atoms with Crippen LogP contribution in [0.25, 0.3) is 0 Å². The van der Waals surface area contributed by atoms with Gasteiger partial charge in [0.15, 0.2) is 0 Å². The van der Waals surface area contributed by atoms with Crippen LogP contribution in [0.4, 0.5) is 4.79 Å². The molecule has 0 unspecified atom stereocenters. The van der Waals surface area contributed by atoms with Crippen molar-refractivity contribution in [3.63, 3.8) is 0 Å². The molecule has 0 spiro atoms. The molecule has 0 amide bonds. The Morgan fingerprint density at radius 3 is 1.06 bits per heavy atom. The van der Waals surface area contributed by atoms with Gasteiger partial charge in [-0.05, 0) is 0 Å². The molecule has 0 atom stereocenters. The van der Waals surface area contributed by atoms with E-state index in [2.05, 4.69) is 54.7 Å². The van der Waals surface area contributed by atoms with Gasteiger partial charge in [0.05, 0.1) is 0 Å². The van der Waals surface area contributed by atoms with Gasteiger partial charge >= 0.3 is 43.9 Å². The van der Waals surface area contributed by atoms with Gasteiger partial charge in [-0.3, -0.25) is 24.0 Å². The fraction of sp³-hybridized carbons (Fsp3) is 0.250. The zero-order chi connectivity index (χ0) is 15.0. The summed E-state index contributed by atoms with van der Waals surface area (Å²) in [6, 6.07) is 0. The molecule has 8 heteroatoms. The van der Waals surface area contributed by atoms with Gasteiger partial charge in [0, 0.05) is 0 Å². The van der Waals surface area contributed by atoms with Gasteiger partial charge in [-0.2, -0.15) is 0 Å². The number of hydrogen-bond donors (Lipinski definition) is 0. The van der Waals surface area contributed by atoms with E-state index >= 15 is 0 Å². The Morgan fingerprint density at radius 2 is 1.06 bits per heavy atom. The molecule has 0 fully saturated rings. The number of hydrogen-bond acceptors (Lipinski definition) is 7. The smallest absolute Gasteiger partial charge is 0.281 e. The molecule has 0 saturated heterocycles. The Bertz CT molecular complexity index is 101. The van der Waals surface area contributed by atoms with E-state index in [1.54, 1.807) is 6.92 Å². The summed E-state index contributed by atoms with van der Waals surface area (Å²) in [5.41, 5.74) is 0. The molecule has 0 saturated carbocycles. The molecule has 0 aromatic rings. The average molecular weight is 268 g/mol. The van der Waals surface area contributed by atoms with E-state index in [9.17, 15) is 4.79 Å². The zero-order valence-electron chi connectivity index (χ0n) is 7.94. The van der Waals surface area contributed by atoms with E-state index in [0.29, 0.717) is 6.61 Å². The summed E-state index contributed by atoms with van der Waals surface area (Å²) >= 11 is 2.57. The van der Waals surface area contributed by atoms with Gasteiger partial charge in [-0.25, -0.2) is 0 Å². The van der Waals surface area contributed by atoms with Gasteiger partial charge in [-0.15, -0.1) is 0 Å². The van der Waals surface area contributed by atoms with Crippen molar-refractivity contribution < 1.29 is 49.5 Å². The molecule has 0 N–H and O–H groups in total. The van der Waals surface area contributed by atoms with Crippen LogP contribution in [0.2, 0.25) is 0 Å². The summed E-state index contributed by atoms with van der Waals surface area (Å²) < 4.78 is 4.32. The molecule has 0 rings (SSSR count). The van der Waals surface area contributed by atoms with Crippen molar-refractivity contribution >= 4 is 38.8 Å². The minimum Gasteiger partial charge on any atom is -0.281 e. The zero-order valence-corrected chi connectivity index (χ0v) is 9.12. The molecule has 0 aliphatic heterocycles. The summed E-state index contributed by atoms with van der Waals surface area (Å²) in [7, 11) is 0. The number of carbonyl (C=O) groups excluding carboxylic acids is 6. The Kier molecular flexibility index (Phi) is 418. The monoisotopic (exact) mass is 268 g/mol. The predicted octanol–water partition coefficient (Wildman–Crippen LogP) is -1.30. The fourth-order valence-electron chi connectivity index (χ4n) is 0.113. The van der Waals surface area contributed by atoms with Crippen molar-refractivity contribution in [3.8, 4) is 0 Å². The maximum atomic E-state index is 9.74. The van der Waals surface area contributed by atoms with Crippen molar-refractivity contribution in [2.75, 3.05) is 6.61 Å². The van der Waals surface area contributed by atoms with Crippen molar-refractivity contribution in [2.24, 2.45) is 0 Å². The molecule has 0 bridgehead atoms. The van der Waals surface area contributed by atoms with Gasteiger partial charge in [-0.1, -0.05) is 0 Å². The third kappa shape index (κ3) is 884.